The van der Waals surface area contributed by atoms with Crippen LogP contribution >= 0.6 is 0 Å². The summed E-state index contributed by atoms with van der Waals surface area (Å²) in [5.74, 6) is 0.824. The molecule has 1 nitrogen and oxygen atoms in total. The lowest BCUT2D eigenvalue weighted by Crippen LogP contribution is -2.45. The first-order valence-electron chi connectivity index (χ1n) is 5.96. The van der Waals surface area contributed by atoms with Crippen molar-refractivity contribution in [1.82, 2.24) is 5.32 Å². The molecule has 1 heteroatoms. The molecule has 2 saturated carbocycles. The van der Waals surface area contributed by atoms with Crippen molar-refractivity contribution in [2.24, 2.45) is 11.3 Å². The molecule has 0 amide bonds. The summed E-state index contributed by atoms with van der Waals surface area (Å²) < 4.78 is 0. The second-order valence-electron chi connectivity index (χ2n) is 5.83. The number of allylic oxidation sites excluding steroid dienone is 1. The SMILES string of the molecule is C=C(CC)NC12CCC(C)(CC1C)C2. The Morgan fingerprint density at radius 2 is 2.21 bits per heavy atom. The summed E-state index contributed by atoms with van der Waals surface area (Å²) in [7, 11) is 0. The Bertz CT molecular complexity index is 258. The molecule has 3 unspecified atom stereocenters. The monoisotopic (exact) mass is 193 g/mol. The summed E-state index contributed by atoms with van der Waals surface area (Å²) >= 11 is 0. The van der Waals surface area contributed by atoms with E-state index in [1.54, 1.807) is 0 Å². The van der Waals surface area contributed by atoms with Gasteiger partial charge in [-0.1, -0.05) is 27.4 Å². The maximum atomic E-state index is 4.09. The van der Waals surface area contributed by atoms with Crippen LogP contribution in [0.4, 0.5) is 0 Å². The Balaban J connectivity index is 2.13. The summed E-state index contributed by atoms with van der Waals surface area (Å²) in [6, 6.07) is 0. The Labute approximate surface area is 88.0 Å². The Morgan fingerprint density at radius 1 is 1.50 bits per heavy atom. The molecule has 2 aliphatic carbocycles. The van der Waals surface area contributed by atoms with Gasteiger partial charge in [0.25, 0.3) is 0 Å². The second kappa shape index (κ2) is 3.01. The van der Waals surface area contributed by atoms with E-state index >= 15 is 0 Å². The highest BCUT2D eigenvalue weighted by Gasteiger charge is 2.55. The van der Waals surface area contributed by atoms with Crippen molar-refractivity contribution in [2.45, 2.75) is 58.4 Å². The molecule has 2 bridgehead atoms. The van der Waals surface area contributed by atoms with Crippen LogP contribution < -0.4 is 5.32 Å². The Morgan fingerprint density at radius 3 is 2.64 bits per heavy atom. The van der Waals surface area contributed by atoms with Crippen molar-refractivity contribution in [3.8, 4) is 0 Å². The lowest BCUT2D eigenvalue weighted by molar-refractivity contribution is 0.237. The topological polar surface area (TPSA) is 12.0 Å². The third-order valence-corrected chi connectivity index (χ3v) is 4.51. The summed E-state index contributed by atoms with van der Waals surface area (Å²) in [6.45, 7) is 11.1. The average molecular weight is 193 g/mol. The first-order valence-corrected chi connectivity index (χ1v) is 5.96. The minimum Gasteiger partial charge on any atom is -0.383 e. The molecule has 0 aromatic carbocycles. The van der Waals surface area contributed by atoms with Crippen LogP contribution in [0, 0.1) is 11.3 Å². The third-order valence-electron chi connectivity index (χ3n) is 4.51. The number of hydrogen-bond acceptors (Lipinski definition) is 1. The molecule has 0 saturated heterocycles. The van der Waals surface area contributed by atoms with Crippen LogP contribution in [0.5, 0.6) is 0 Å². The number of hydrogen-bond donors (Lipinski definition) is 1. The first-order chi connectivity index (χ1) is 6.50. The van der Waals surface area contributed by atoms with Gasteiger partial charge in [-0.2, -0.15) is 0 Å². The van der Waals surface area contributed by atoms with Crippen molar-refractivity contribution < 1.29 is 0 Å². The lowest BCUT2D eigenvalue weighted by Gasteiger charge is -2.36. The van der Waals surface area contributed by atoms with E-state index in [0.29, 0.717) is 11.0 Å². The summed E-state index contributed by atoms with van der Waals surface area (Å²) in [5.41, 5.74) is 2.26. The Hall–Kier alpha value is -0.460. The molecule has 0 spiro atoms. The largest absolute Gasteiger partial charge is 0.383 e. The minimum absolute atomic E-state index is 0.405. The fourth-order valence-corrected chi connectivity index (χ4v) is 3.66. The first kappa shape index (κ1) is 10.1. The minimum atomic E-state index is 0.405. The number of nitrogens with one attached hydrogen (secondary N) is 1. The van der Waals surface area contributed by atoms with Gasteiger partial charge in [0.1, 0.15) is 0 Å². The summed E-state index contributed by atoms with van der Waals surface area (Å²) in [4.78, 5) is 0. The van der Waals surface area contributed by atoms with Gasteiger partial charge in [-0.05, 0) is 43.4 Å². The fourth-order valence-electron chi connectivity index (χ4n) is 3.66. The van der Waals surface area contributed by atoms with Gasteiger partial charge in [0.15, 0.2) is 0 Å². The third kappa shape index (κ3) is 1.37. The summed E-state index contributed by atoms with van der Waals surface area (Å²) in [6.07, 6.45) is 6.58. The van der Waals surface area contributed by atoms with E-state index in [-0.39, 0.29) is 0 Å². The zero-order chi connectivity index (χ0) is 10.4. The van der Waals surface area contributed by atoms with Gasteiger partial charge < -0.3 is 5.32 Å². The molecule has 3 atom stereocenters. The Kier molecular flexibility index (Phi) is 2.17. The molecule has 0 aromatic heterocycles. The molecule has 0 radical (unpaired) electrons. The highest BCUT2D eigenvalue weighted by Crippen LogP contribution is 2.59. The molecule has 2 rings (SSSR count). The van der Waals surface area contributed by atoms with Gasteiger partial charge in [0.2, 0.25) is 0 Å². The highest BCUT2D eigenvalue weighted by atomic mass is 15.0. The molecular weight excluding hydrogens is 170 g/mol. The van der Waals surface area contributed by atoms with Crippen LogP contribution in [0.15, 0.2) is 12.3 Å². The predicted molar refractivity (Wildman–Crippen MR) is 61.0 cm³/mol. The van der Waals surface area contributed by atoms with Crippen LogP contribution in [0.25, 0.3) is 0 Å². The lowest BCUT2D eigenvalue weighted by atomic mass is 9.80. The molecule has 2 aliphatic rings. The van der Waals surface area contributed by atoms with E-state index in [1.807, 2.05) is 0 Å². The van der Waals surface area contributed by atoms with Crippen LogP contribution in [0.2, 0.25) is 0 Å². The molecule has 1 N–H and O–H groups in total. The standard InChI is InChI=1S/C13H23N/c1-5-11(3)14-13-7-6-12(4,9-13)8-10(13)2/h10,14H,3,5-9H2,1-2,4H3. The van der Waals surface area contributed by atoms with Crippen LogP contribution in [-0.2, 0) is 0 Å². The van der Waals surface area contributed by atoms with Crippen molar-refractivity contribution in [3.05, 3.63) is 12.3 Å². The van der Waals surface area contributed by atoms with E-state index in [0.717, 1.165) is 12.3 Å². The maximum Gasteiger partial charge on any atom is 0.0401 e. The van der Waals surface area contributed by atoms with Crippen molar-refractivity contribution >= 4 is 0 Å². The van der Waals surface area contributed by atoms with Crippen LogP contribution in [0.3, 0.4) is 0 Å². The molecule has 0 heterocycles. The average Bonchev–Trinajstić information content (AvgIpc) is 2.54. The van der Waals surface area contributed by atoms with Gasteiger partial charge in [-0.25, -0.2) is 0 Å². The van der Waals surface area contributed by atoms with E-state index in [2.05, 4.69) is 32.7 Å². The number of rotatable bonds is 3. The van der Waals surface area contributed by atoms with Gasteiger partial charge in [0, 0.05) is 11.2 Å². The molecular formula is C13H23N. The van der Waals surface area contributed by atoms with Gasteiger partial charge >= 0.3 is 0 Å². The molecule has 2 fully saturated rings. The van der Waals surface area contributed by atoms with Gasteiger partial charge in [-0.3, -0.25) is 0 Å². The van der Waals surface area contributed by atoms with Crippen molar-refractivity contribution in [2.75, 3.05) is 0 Å². The zero-order valence-electron chi connectivity index (χ0n) is 9.82. The zero-order valence-corrected chi connectivity index (χ0v) is 9.82. The number of fused-ring (bicyclic) bond motifs is 2. The van der Waals surface area contributed by atoms with E-state index < -0.39 is 0 Å². The molecule has 80 valence electrons. The smallest absolute Gasteiger partial charge is 0.0401 e. The predicted octanol–water partition coefficient (Wildman–Crippen LogP) is 3.47. The normalized spacial score (nSPS) is 45.5. The van der Waals surface area contributed by atoms with Crippen molar-refractivity contribution in [1.29, 1.82) is 0 Å². The summed E-state index contributed by atoms with van der Waals surface area (Å²) in [5, 5.41) is 3.71. The van der Waals surface area contributed by atoms with Gasteiger partial charge in [0.05, 0.1) is 0 Å². The molecule has 0 aromatic rings. The maximum absolute atomic E-state index is 4.09. The van der Waals surface area contributed by atoms with E-state index in [9.17, 15) is 0 Å². The van der Waals surface area contributed by atoms with E-state index in [4.69, 9.17) is 0 Å². The van der Waals surface area contributed by atoms with Crippen LogP contribution in [-0.4, -0.2) is 5.54 Å². The van der Waals surface area contributed by atoms with Crippen molar-refractivity contribution in [3.63, 3.8) is 0 Å². The highest BCUT2D eigenvalue weighted by molar-refractivity contribution is 5.15. The molecule has 14 heavy (non-hydrogen) atoms. The van der Waals surface area contributed by atoms with E-state index in [1.165, 1.54) is 31.4 Å². The van der Waals surface area contributed by atoms with Crippen LogP contribution in [0.1, 0.15) is 52.9 Å². The second-order valence-corrected chi connectivity index (χ2v) is 5.83. The quantitative estimate of drug-likeness (QED) is 0.723. The fraction of sp³-hybridized carbons (Fsp3) is 0.846. The van der Waals surface area contributed by atoms with Gasteiger partial charge in [-0.15, -0.1) is 0 Å². The molecule has 0 aliphatic heterocycles.